The average Bonchev–Trinajstić information content (AvgIpc) is 2.91. The molecule has 9 nitrogen and oxygen atoms in total. The van der Waals surface area contributed by atoms with Gasteiger partial charge in [-0.2, -0.15) is 0 Å². The fourth-order valence-corrected chi connectivity index (χ4v) is 4.32. The normalized spacial score (nSPS) is 13.8. The first-order valence-electron chi connectivity index (χ1n) is 12.5. The zero-order valence-electron chi connectivity index (χ0n) is 21.0. The molecule has 0 spiro atoms. The molecule has 3 aromatic heterocycles. The van der Waals surface area contributed by atoms with Gasteiger partial charge in [-0.15, -0.1) is 0 Å². The molecule has 1 aliphatic rings. The maximum absolute atomic E-state index is 12.8. The monoisotopic (exact) mass is 494 g/mol. The van der Waals surface area contributed by atoms with Gasteiger partial charge in [0.15, 0.2) is 5.82 Å². The summed E-state index contributed by atoms with van der Waals surface area (Å²) >= 11 is 0. The summed E-state index contributed by atoms with van der Waals surface area (Å²) in [6.07, 6.45) is 5.70. The number of rotatable bonds is 7. The Bertz CT molecular complexity index is 1400. The van der Waals surface area contributed by atoms with Gasteiger partial charge in [0, 0.05) is 36.1 Å². The Morgan fingerprint density at radius 3 is 2.54 bits per heavy atom. The van der Waals surface area contributed by atoms with Crippen molar-refractivity contribution in [3.63, 3.8) is 0 Å². The molecule has 1 aliphatic heterocycles. The van der Waals surface area contributed by atoms with E-state index in [4.69, 9.17) is 0 Å². The lowest BCUT2D eigenvalue weighted by Gasteiger charge is -2.22. The number of amides is 1. The molecular weight excluding hydrogens is 464 g/mol. The Hall–Kier alpha value is -4.24. The quantitative estimate of drug-likeness (QED) is 0.350. The molecule has 1 fully saturated rings. The zero-order valence-corrected chi connectivity index (χ0v) is 21.0. The summed E-state index contributed by atoms with van der Waals surface area (Å²) in [5, 5.41) is 9.68. The topological polar surface area (TPSA) is 118 Å². The second-order valence-corrected chi connectivity index (χ2v) is 9.25. The number of aryl methyl sites for hydroxylation is 2. The molecule has 0 radical (unpaired) electrons. The number of hydrogen-bond donors (Lipinski definition) is 3. The van der Waals surface area contributed by atoms with E-state index in [0.29, 0.717) is 29.7 Å². The predicted molar refractivity (Wildman–Crippen MR) is 144 cm³/mol. The number of carbonyl (C=O) groups excluding carboxylic acids is 1. The van der Waals surface area contributed by atoms with Gasteiger partial charge in [-0.1, -0.05) is 18.2 Å². The minimum Gasteiger partial charge on any atom is -0.326 e. The van der Waals surface area contributed by atoms with Crippen LogP contribution in [0.15, 0.2) is 60.9 Å². The molecule has 0 aliphatic carbocycles. The lowest BCUT2D eigenvalue weighted by Crippen LogP contribution is -2.34. The molecule has 188 valence electrons. The minimum atomic E-state index is 0.0550. The number of aromatic nitrogens is 5. The lowest BCUT2D eigenvalue weighted by molar-refractivity contribution is -0.120. The van der Waals surface area contributed by atoms with Crippen molar-refractivity contribution in [3.05, 3.63) is 83.6 Å². The molecule has 3 N–H and O–H groups in total. The van der Waals surface area contributed by atoms with E-state index in [9.17, 15) is 4.79 Å². The van der Waals surface area contributed by atoms with Gasteiger partial charge < -0.3 is 16.0 Å². The van der Waals surface area contributed by atoms with Crippen LogP contribution >= 0.6 is 0 Å². The van der Waals surface area contributed by atoms with E-state index in [-0.39, 0.29) is 11.8 Å². The first-order valence-corrected chi connectivity index (χ1v) is 12.5. The number of nitrogens with zero attached hydrogens (tertiary/aromatic N) is 5. The van der Waals surface area contributed by atoms with Crippen molar-refractivity contribution in [1.82, 2.24) is 30.2 Å². The molecule has 0 bridgehead atoms. The third-order valence-electron chi connectivity index (χ3n) is 6.37. The van der Waals surface area contributed by atoms with E-state index < -0.39 is 0 Å². The molecule has 0 atom stereocenters. The van der Waals surface area contributed by atoms with E-state index in [1.54, 1.807) is 24.5 Å². The van der Waals surface area contributed by atoms with Gasteiger partial charge in [0.05, 0.1) is 0 Å². The molecule has 4 heterocycles. The molecule has 4 aromatic rings. The maximum atomic E-state index is 12.8. The van der Waals surface area contributed by atoms with Gasteiger partial charge >= 0.3 is 0 Å². The number of nitrogens with one attached hydrogen (secondary N) is 3. The number of carbonyl (C=O) groups is 1. The lowest BCUT2D eigenvalue weighted by atomic mass is 9.97. The maximum Gasteiger partial charge on any atom is 0.227 e. The van der Waals surface area contributed by atoms with Gasteiger partial charge in [-0.05, 0) is 81.2 Å². The Balaban J connectivity index is 1.28. The van der Waals surface area contributed by atoms with Gasteiger partial charge in [0.25, 0.3) is 0 Å². The summed E-state index contributed by atoms with van der Waals surface area (Å²) in [6.45, 7) is 5.72. The first kappa shape index (κ1) is 24.5. The number of pyridine rings is 1. The summed E-state index contributed by atoms with van der Waals surface area (Å²) in [7, 11) is 0. The van der Waals surface area contributed by atoms with Crippen LogP contribution in [0.5, 0.6) is 0 Å². The van der Waals surface area contributed by atoms with Crippen LogP contribution in [0, 0.1) is 19.8 Å². The molecule has 1 amide bonds. The van der Waals surface area contributed by atoms with Crippen molar-refractivity contribution in [1.29, 1.82) is 0 Å². The van der Waals surface area contributed by atoms with Crippen LogP contribution in [0.25, 0.3) is 11.5 Å². The Kier molecular flexibility index (Phi) is 7.41. The number of hydrogen-bond acceptors (Lipinski definition) is 8. The molecule has 0 unspecified atom stereocenters. The van der Waals surface area contributed by atoms with Crippen molar-refractivity contribution in [2.24, 2.45) is 5.92 Å². The van der Waals surface area contributed by atoms with Crippen molar-refractivity contribution < 1.29 is 4.79 Å². The smallest absolute Gasteiger partial charge is 0.227 e. The largest absolute Gasteiger partial charge is 0.326 e. The SMILES string of the molecule is Cc1cccc(-c2nccc(Nc3ccnc(Cc4ccc(C)c(NC(=O)C5CCNCC5)c4)n3)n2)n1. The van der Waals surface area contributed by atoms with E-state index in [1.165, 1.54) is 0 Å². The third-order valence-corrected chi connectivity index (χ3v) is 6.37. The van der Waals surface area contributed by atoms with Crippen LogP contribution in [-0.4, -0.2) is 43.9 Å². The van der Waals surface area contributed by atoms with Crippen LogP contribution in [0.2, 0.25) is 0 Å². The molecular formula is C28H30N8O. The van der Waals surface area contributed by atoms with Gasteiger partial charge in [-0.25, -0.2) is 24.9 Å². The summed E-state index contributed by atoms with van der Waals surface area (Å²) in [4.78, 5) is 35.3. The van der Waals surface area contributed by atoms with Crippen LogP contribution in [-0.2, 0) is 11.2 Å². The summed E-state index contributed by atoms with van der Waals surface area (Å²) in [6, 6.07) is 15.4. The van der Waals surface area contributed by atoms with E-state index >= 15 is 0 Å². The van der Waals surface area contributed by atoms with Crippen LogP contribution in [0.1, 0.15) is 35.5 Å². The van der Waals surface area contributed by atoms with Gasteiger partial charge in [-0.3, -0.25) is 4.79 Å². The molecule has 1 aromatic carbocycles. The van der Waals surface area contributed by atoms with Gasteiger partial charge in [0.2, 0.25) is 5.91 Å². The molecule has 5 rings (SSSR count). The molecule has 0 saturated carbocycles. The zero-order chi connectivity index (χ0) is 25.6. The Morgan fingerprint density at radius 1 is 0.946 bits per heavy atom. The number of anilines is 3. The summed E-state index contributed by atoms with van der Waals surface area (Å²) < 4.78 is 0. The third kappa shape index (κ3) is 6.31. The second-order valence-electron chi connectivity index (χ2n) is 9.25. The minimum absolute atomic E-state index is 0.0550. The highest BCUT2D eigenvalue weighted by molar-refractivity contribution is 5.93. The molecule has 1 saturated heterocycles. The average molecular weight is 495 g/mol. The van der Waals surface area contributed by atoms with Crippen LogP contribution in [0.3, 0.4) is 0 Å². The molecule has 37 heavy (non-hydrogen) atoms. The number of piperidine rings is 1. The van der Waals surface area contributed by atoms with E-state index in [0.717, 1.165) is 54.1 Å². The predicted octanol–water partition coefficient (Wildman–Crippen LogP) is 4.22. The van der Waals surface area contributed by atoms with Crippen LogP contribution in [0.4, 0.5) is 17.3 Å². The van der Waals surface area contributed by atoms with Crippen molar-refractivity contribution in [3.8, 4) is 11.5 Å². The van der Waals surface area contributed by atoms with Gasteiger partial charge in [0.1, 0.15) is 23.2 Å². The highest BCUT2D eigenvalue weighted by Crippen LogP contribution is 2.22. The molecule has 9 heteroatoms. The van der Waals surface area contributed by atoms with Crippen molar-refractivity contribution in [2.75, 3.05) is 23.7 Å². The number of benzene rings is 1. The summed E-state index contributed by atoms with van der Waals surface area (Å²) in [5.74, 6) is 2.61. The highest BCUT2D eigenvalue weighted by Gasteiger charge is 2.21. The fraction of sp³-hybridized carbons (Fsp3) is 0.286. The Labute approximate surface area is 216 Å². The second kappa shape index (κ2) is 11.2. The first-order chi connectivity index (χ1) is 18.0. The fourth-order valence-electron chi connectivity index (χ4n) is 4.32. The standard InChI is InChI=1S/C28H30N8O/c1-18-6-7-20(16-23(18)33-28(37)21-8-12-29-13-9-21)17-26-30-14-10-24(35-26)34-25-11-15-31-27(36-25)22-5-3-4-19(2)32-22/h3-7,10-11,14-16,21,29H,8-9,12-13,17H2,1-2H3,(H,33,37)(H,30,31,34,35,36). The van der Waals surface area contributed by atoms with Crippen molar-refractivity contribution >= 4 is 23.2 Å². The Morgan fingerprint density at radius 2 is 1.73 bits per heavy atom. The highest BCUT2D eigenvalue weighted by atomic mass is 16.1. The van der Waals surface area contributed by atoms with E-state index in [1.807, 2.05) is 50.2 Å². The summed E-state index contributed by atoms with van der Waals surface area (Å²) in [5.41, 5.74) is 4.52. The van der Waals surface area contributed by atoms with Crippen molar-refractivity contribution in [2.45, 2.75) is 33.1 Å². The van der Waals surface area contributed by atoms with E-state index in [2.05, 4.69) is 40.9 Å². The van der Waals surface area contributed by atoms with Crippen LogP contribution < -0.4 is 16.0 Å².